The number of benzene rings is 2. The normalized spacial score (nSPS) is 19.6. The molecule has 0 spiro atoms. The molecule has 2 amide bonds. The zero-order valence-corrected chi connectivity index (χ0v) is 15.4. The Kier molecular flexibility index (Phi) is 5.21. The number of hydrogen-bond acceptors (Lipinski definition) is 3. The average Bonchev–Trinajstić information content (AvgIpc) is 3.22. The maximum Gasteiger partial charge on any atom is 0.240 e. The maximum absolute atomic E-state index is 13.1. The third-order valence-corrected chi connectivity index (χ3v) is 5.45. The van der Waals surface area contributed by atoms with Crippen LogP contribution in [0.3, 0.4) is 0 Å². The third kappa shape index (κ3) is 4.03. The van der Waals surface area contributed by atoms with Gasteiger partial charge >= 0.3 is 0 Å². The number of hydrogen-bond donors (Lipinski definition) is 1. The number of anilines is 1. The van der Waals surface area contributed by atoms with Gasteiger partial charge in [-0.05, 0) is 42.5 Å². The van der Waals surface area contributed by atoms with Gasteiger partial charge in [0, 0.05) is 25.3 Å². The number of amides is 2. The fraction of sp³-hybridized carbons (Fsp3) is 0.364. The van der Waals surface area contributed by atoms with E-state index >= 15 is 0 Å². The van der Waals surface area contributed by atoms with Crippen molar-refractivity contribution in [3.63, 3.8) is 0 Å². The Labute approximate surface area is 160 Å². The van der Waals surface area contributed by atoms with Crippen LogP contribution in [0.4, 0.5) is 5.69 Å². The number of fused-ring (bicyclic) bond motifs is 1. The van der Waals surface area contributed by atoms with Gasteiger partial charge in [-0.1, -0.05) is 42.5 Å². The van der Waals surface area contributed by atoms with E-state index < -0.39 is 0 Å². The second kappa shape index (κ2) is 7.92. The number of nitrogens with one attached hydrogen (secondary N) is 1. The summed E-state index contributed by atoms with van der Waals surface area (Å²) in [5.41, 5.74) is 3.20. The molecule has 1 fully saturated rings. The van der Waals surface area contributed by atoms with Crippen LogP contribution >= 0.6 is 0 Å². The van der Waals surface area contributed by atoms with Gasteiger partial charge in [-0.2, -0.15) is 0 Å². The van der Waals surface area contributed by atoms with E-state index in [1.54, 1.807) is 0 Å². The molecule has 2 aromatic rings. The lowest BCUT2D eigenvalue weighted by Gasteiger charge is -2.37. The van der Waals surface area contributed by atoms with E-state index in [9.17, 15) is 9.59 Å². The Morgan fingerprint density at radius 3 is 2.33 bits per heavy atom. The van der Waals surface area contributed by atoms with Crippen molar-refractivity contribution in [2.75, 3.05) is 25.0 Å². The van der Waals surface area contributed by atoms with E-state index in [4.69, 9.17) is 0 Å². The molecule has 0 aromatic heterocycles. The van der Waals surface area contributed by atoms with Crippen LogP contribution in [0, 0.1) is 0 Å². The van der Waals surface area contributed by atoms with Crippen LogP contribution in [0.1, 0.15) is 24.0 Å². The van der Waals surface area contributed by atoms with E-state index in [-0.39, 0.29) is 24.4 Å². The van der Waals surface area contributed by atoms with Gasteiger partial charge in [0.25, 0.3) is 0 Å². The first kappa shape index (κ1) is 17.7. The van der Waals surface area contributed by atoms with Crippen molar-refractivity contribution in [2.24, 2.45) is 0 Å². The molecule has 2 aliphatic rings. The highest BCUT2D eigenvalue weighted by Gasteiger charge is 2.35. The van der Waals surface area contributed by atoms with Gasteiger partial charge in [-0.15, -0.1) is 0 Å². The molecule has 2 aliphatic heterocycles. The molecule has 1 atom stereocenters. The van der Waals surface area contributed by atoms with Gasteiger partial charge in [0.2, 0.25) is 11.8 Å². The predicted octanol–water partition coefficient (Wildman–Crippen LogP) is 2.67. The van der Waals surface area contributed by atoms with Crippen LogP contribution < -0.4 is 5.32 Å². The van der Waals surface area contributed by atoms with Crippen LogP contribution in [-0.4, -0.2) is 47.3 Å². The summed E-state index contributed by atoms with van der Waals surface area (Å²) in [4.78, 5) is 29.7. The number of para-hydroxylation sites is 1. The van der Waals surface area contributed by atoms with Gasteiger partial charge in [0.15, 0.2) is 0 Å². The predicted molar refractivity (Wildman–Crippen MR) is 105 cm³/mol. The van der Waals surface area contributed by atoms with Crippen molar-refractivity contribution < 1.29 is 9.59 Å². The second-order valence-corrected chi connectivity index (χ2v) is 7.34. The number of nitrogens with zero attached hydrogens (tertiary/aromatic N) is 2. The largest absolute Gasteiger partial charge is 0.341 e. The fourth-order valence-electron chi connectivity index (χ4n) is 4.04. The summed E-state index contributed by atoms with van der Waals surface area (Å²) >= 11 is 0. The van der Waals surface area contributed by atoms with Gasteiger partial charge in [-0.25, -0.2) is 0 Å². The molecule has 0 aliphatic carbocycles. The van der Waals surface area contributed by atoms with E-state index in [0.29, 0.717) is 13.0 Å². The molecular weight excluding hydrogens is 338 g/mol. The SMILES string of the molecule is O=C(CN1Cc2ccccc2CC1C(=O)N1CCCC1)Nc1ccccc1. The molecule has 2 aromatic carbocycles. The molecule has 5 heteroatoms. The van der Waals surface area contributed by atoms with Crippen molar-refractivity contribution >= 4 is 17.5 Å². The Balaban J connectivity index is 1.51. The molecule has 27 heavy (non-hydrogen) atoms. The van der Waals surface area contributed by atoms with Crippen molar-refractivity contribution in [2.45, 2.75) is 31.8 Å². The van der Waals surface area contributed by atoms with E-state index in [0.717, 1.165) is 31.6 Å². The van der Waals surface area contributed by atoms with Gasteiger partial charge in [-0.3, -0.25) is 14.5 Å². The first-order chi connectivity index (χ1) is 13.2. The van der Waals surface area contributed by atoms with Gasteiger partial charge in [0.1, 0.15) is 0 Å². The highest BCUT2D eigenvalue weighted by Crippen LogP contribution is 2.25. The summed E-state index contributed by atoms with van der Waals surface area (Å²) in [5.74, 6) is 0.0781. The minimum Gasteiger partial charge on any atom is -0.341 e. The van der Waals surface area contributed by atoms with Crippen LogP contribution in [0.5, 0.6) is 0 Å². The first-order valence-electron chi connectivity index (χ1n) is 9.65. The summed E-state index contributed by atoms with van der Waals surface area (Å²) in [7, 11) is 0. The van der Waals surface area contributed by atoms with Crippen molar-refractivity contribution in [3.8, 4) is 0 Å². The number of carbonyl (C=O) groups is 2. The zero-order chi connectivity index (χ0) is 18.6. The molecule has 1 saturated heterocycles. The summed E-state index contributed by atoms with van der Waals surface area (Å²) in [6, 6.07) is 17.4. The highest BCUT2D eigenvalue weighted by molar-refractivity contribution is 5.93. The smallest absolute Gasteiger partial charge is 0.240 e. The lowest BCUT2D eigenvalue weighted by molar-refractivity contribution is -0.137. The summed E-state index contributed by atoms with van der Waals surface area (Å²) in [5, 5.41) is 2.94. The summed E-state index contributed by atoms with van der Waals surface area (Å²) < 4.78 is 0. The number of rotatable bonds is 4. The molecule has 2 heterocycles. The summed E-state index contributed by atoms with van der Waals surface area (Å²) in [6.07, 6.45) is 2.82. The van der Waals surface area contributed by atoms with Crippen molar-refractivity contribution in [3.05, 3.63) is 65.7 Å². The lowest BCUT2D eigenvalue weighted by Crippen LogP contribution is -2.52. The zero-order valence-electron chi connectivity index (χ0n) is 15.4. The van der Waals surface area contributed by atoms with Crippen LogP contribution in [-0.2, 0) is 22.6 Å². The molecule has 1 N–H and O–H groups in total. The minimum atomic E-state index is -0.264. The molecule has 140 valence electrons. The first-order valence-corrected chi connectivity index (χ1v) is 9.65. The highest BCUT2D eigenvalue weighted by atomic mass is 16.2. The Morgan fingerprint density at radius 2 is 1.59 bits per heavy atom. The molecule has 0 radical (unpaired) electrons. The molecule has 0 bridgehead atoms. The molecular formula is C22H25N3O2. The Hall–Kier alpha value is -2.66. The molecule has 0 saturated carbocycles. The van der Waals surface area contributed by atoms with E-state index in [1.807, 2.05) is 52.3 Å². The van der Waals surface area contributed by atoms with Crippen LogP contribution in [0.15, 0.2) is 54.6 Å². The van der Waals surface area contributed by atoms with Crippen molar-refractivity contribution in [1.82, 2.24) is 9.80 Å². The van der Waals surface area contributed by atoms with Crippen molar-refractivity contribution in [1.29, 1.82) is 0 Å². The fourth-order valence-corrected chi connectivity index (χ4v) is 4.04. The Morgan fingerprint density at radius 1 is 0.926 bits per heavy atom. The summed E-state index contributed by atoms with van der Waals surface area (Å²) in [6.45, 7) is 2.51. The molecule has 1 unspecified atom stereocenters. The lowest BCUT2D eigenvalue weighted by atomic mass is 9.93. The van der Waals surface area contributed by atoms with Crippen LogP contribution in [0.2, 0.25) is 0 Å². The van der Waals surface area contributed by atoms with Gasteiger partial charge < -0.3 is 10.2 Å². The monoisotopic (exact) mass is 363 g/mol. The topological polar surface area (TPSA) is 52.7 Å². The third-order valence-electron chi connectivity index (χ3n) is 5.45. The van der Waals surface area contributed by atoms with Crippen LogP contribution in [0.25, 0.3) is 0 Å². The Bertz CT molecular complexity index is 815. The standard InChI is InChI=1S/C22H25N3O2/c26-21(23-19-10-2-1-3-11-19)16-25-15-18-9-5-4-8-17(18)14-20(25)22(27)24-12-6-7-13-24/h1-5,8-11,20H,6-7,12-16H2,(H,23,26). The van der Waals surface area contributed by atoms with E-state index in [2.05, 4.69) is 17.4 Å². The minimum absolute atomic E-state index is 0.0835. The maximum atomic E-state index is 13.1. The average molecular weight is 363 g/mol. The molecule has 4 rings (SSSR count). The quantitative estimate of drug-likeness (QED) is 0.909. The van der Waals surface area contributed by atoms with Gasteiger partial charge in [0.05, 0.1) is 12.6 Å². The number of carbonyl (C=O) groups excluding carboxylic acids is 2. The second-order valence-electron chi connectivity index (χ2n) is 7.34. The number of likely N-dealkylation sites (tertiary alicyclic amines) is 1. The van der Waals surface area contributed by atoms with E-state index in [1.165, 1.54) is 11.1 Å². The molecule has 5 nitrogen and oxygen atoms in total.